The lowest BCUT2D eigenvalue weighted by Crippen LogP contribution is -1.82. The fourth-order valence-electron chi connectivity index (χ4n) is 0. The normalized spacial score (nSPS) is 3.00. The van der Waals surface area contributed by atoms with Crippen molar-refractivity contribution < 1.29 is 5.26 Å². The van der Waals surface area contributed by atoms with Crippen LogP contribution in [0.3, 0.4) is 0 Å². The van der Waals surface area contributed by atoms with E-state index in [2.05, 4.69) is 0 Å². The molecule has 0 N–H and O–H groups in total. The van der Waals surface area contributed by atoms with E-state index in [4.69, 9.17) is 10.2 Å². The lowest BCUT2D eigenvalue weighted by atomic mass is 10.8. The Hall–Kier alpha value is -0.535. The van der Waals surface area contributed by atoms with Crippen molar-refractivity contribution in [2.45, 2.75) is 0 Å². The first kappa shape index (κ1) is 9.81. The molecule has 0 saturated heterocycles. The molecule has 24 valence electrons. The van der Waals surface area contributed by atoms with E-state index in [0.29, 0.717) is 0 Å². The summed E-state index contributed by atoms with van der Waals surface area (Å²) >= 11 is 0. The van der Waals surface area contributed by atoms with Crippen molar-refractivity contribution >= 4 is 8.41 Å². The molecule has 4 heavy (non-hydrogen) atoms. The summed E-state index contributed by atoms with van der Waals surface area (Å²) in [6.07, 6.45) is 0. The fourth-order valence-corrected chi connectivity index (χ4v) is 0. The highest BCUT2D eigenvalue weighted by atomic mass is 17.2. The van der Waals surface area contributed by atoms with Gasteiger partial charge in [0.2, 0.25) is 0 Å². The van der Waals surface area contributed by atoms with Crippen LogP contribution in [-0.4, -0.2) is 8.41 Å². The summed E-state index contributed by atoms with van der Waals surface area (Å²) in [5.41, 5.74) is 0. The Morgan fingerprint density at radius 2 is 1.75 bits per heavy atom. The topological polar surface area (TPSA) is 51.4 Å². The van der Waals surface area contributed by atoms with E-state index in [1.807, 2.05) is 0 Å². The monoisotopic (exact) mass is 62.0 g/mol. The molecule has 0 aliphatic heterocycles. The van der Waals surface area contributed by atoms with Crippen LogP contribution in [0.4, 0.5) is 0 Å². The van der Waals surface area contributed by atoms with Crippen molar-refractivity contribution in [3.05, 3.63) is 9.71 Å². The molecular formula is H3BO3. The summed E-state index contributed by atoms with van der Waals surface area (Å²) in [5, 5.41) is 7.88. The maximum Gasteiger partial charge on any atom is 0.154 e. The van der Waals surface area contributed by atoms with Crippen molar-refractivity contribution in [2.75, 3.05) is 0 Å². The van der Waals surface area contributed by atoms with Gasteiger partial charge in [-0.05, 0) is 0 Å². The Bertz CT molecular complexity index is 10.8. The molecule has 0 aliphatic carbocycles. The van der Waals surface area contributed by atoms with Gasteiger partial charge in [0.15, 0.2) is 4.75 Å². The molecule has 0 amide bonds. The third-order valence-corrected chi connectivity index (χ3v) is 0. The number of hydrogen-bond acceptors (Lipinski definition) is 2. The van der Waals surface area contributed by atoms with Gasteiger partial charge in [0, 0.05) is 0 Å². The molecule has 0 bridgehead atoms. The Morgan fingerprint density at radius 3 is 1.75 bits per heavy atom. The average Bonchev–Trinajstić information content (AvgIpc) is 0.918. The molecule has 0 aromatic carbocycles. The molecule has 0 aromatic heterocycles. The number of hydrogen-bond donors (Lipinski definition) is 0. The summed E-state index contributed by atoms with van der Waals surface area (Å²) in [7, 11) is 0. The minimum Gasteiger partial charge on any atom is -0.0772 e. The summed E-state index contributed by atoms with van der Waals surface area (Å²) in [6, 6.07) is 0. The van der Waals surface area contributed by atoms with Crippen LogP contribution in [0.2, 0.25) is 0 Å². The van der Waals surface area contributed by atoms with E-state index in [1.165, 1.54) is 0 Å². The fraction of sp³-hybridized carbons (Fsp3) is 0. The average molecular weight is 61.8 g/mol. The Kier molecular flexibility index (Phi) is 60.0. The largest absolute Gasteiger partial charge is 0.154 e. The van der Waals surface area contributed by atoms with E-state index < -0.39 is 0 Å². The maximum atomic E-state index is 7.88. The van der Waals surface area contributed by atoms with Crippen molar-refractivity contribution in [1.82, 2.24) is 0 Å². The second kappa shape index (κ2) is 24.5. The minimum atomic E-state index is 0. The molecule has 4 heteroatoms. The maximum absolute atomic E-state index is 7.88. The zero-order valence-electron chi connectivity index (χ0n) is 1.22. The highest BCUT2D eigenvalue weighted by molar-refractivity contribution is 5.75. The van der Waals surface area contributed by atoms with E-state index in [9.17, 15) is 0 Å². The summed E-state index contributed by atoms with van der Waals surface area (Å²) in [5.74, 6) is 0. The van der Waals surface area contributed by atoms with Gasteiger partial charge in [0.25, 0.3) is 0 Å². The van der Waals surface area contributed by atoms with E-state index >= 15 is 0 Å². The van der Waals surface area contributed by atoms with Crippen molar-refractivity contribution in [3.63, 3.8) is 0 Å². The first-order chi connectivity index (χ1) is 1.41. The van der Waals surface area contributed by atoms with E-state index in [1.54, 1.807) is 4.75 Å². The molecule has 0 unspecified atom stereocenters. The van der Waals surface area contributed by atoms with Crippen LogP contribution in [0.1, 0.15) is 0 Å². The molecule has 0 saturated carbocycles. The molecule has 0 atom stereocenters. The van der Waals surface area contributed by atoms with Crippen LogP contribution in [0, 0.1) is 9.71 Å². The van der Waals surface area contributed by atoms with Crippen LogP contribution in [-0.2, 0) is 0 Å². The highest BCUT2D eigenvalue weighted by Gasteiger charge is 1.27. The predicted molar refractivity (Wildman–Crippen MR) is 16.7 cm³/mol. The summed E-state index contributed by atoms with van der Waals surface area (Å²) in [6.45, 7) is 0. The predicted octanol–water partition coefficient (Wildman–Crippen LogP) is -2.31. The molecule has 0 spiro atoms. The highest BCUT2D eigenvalue weighted by Crippen LogP contribution is 1.00. The summed E-state index contributed by atoms with van der Waals surface area (Å²) in [4.78, 5) is 7.88. The number of rotatable bonds is 0. The molecule has 3 nitrogen and oxygen atoms in total. The molecule has 0 rings (SSSR count). The Balaban J connectivity index is 0. The van der Waals surface area contributed by atoms with Gasteiger partial charge in [-0.2, -0.15) is 0 Å². The SMILES string of the molecule is B.O=[O+][O-]. The van der Waals surface area contributed by atoms with Crippen molar-refractivity contribution in [2.24, 2.45) is 0 Å². The lowest BCUT2D eigenvalue weighted by molar-refractivity contribution is -0.284. The first-order valence-electron chi connectivity index (χ1n) is 0.333. The Labute approximate surface area is 24.7 Å². The van der Waals surface area contributed by atoms with Gasteiger partial charge in [-0.25, -0.2) is 0 Å². The Morgan fingerprint density at radius 1 is 1.75 bits per heavy atom. The van der Waals surface area contributed by atoms with Crippen LogP contribution in [0.25, 0.3) is 0 Å². The zero-order chi connectivity index (χ0) is 2.71. The van der Waals surface area contributed by atoms with Gasteiger partial charge >= 0.3 is 0 Å². The van der Waals surface area contributed by atoms with Crippen LogP contribution in [0.15, 0.2) is 0 Å². The van der Waals surface area contributed by atoms with Gasteiger partial charge in [-0.3, -0.25) is 0 Å². The van der Waals surface area contributed by atoms with Crippen LogP contribution < -0.4 is 5.26 Å². The second-order valence-electron chi connectivity index (χ2n) is 0.0680. The molecule has 0 fully saturated rings. The molecule has 0 radical (unpaired) electrons. The third kappa shape index (κ3) is 1.11. The van der Waals surface area contributed by atoms with Gasteiger partial charge in [-0.1, -0.05) is 10.2 Å². The smallest absolute Gasteiger partial charge is 0.0772 e. The van der Waals surface area contributed by atoms with Crippen molar-refractivity contribution in [1.29, 1.82) is 0 Å². The molecular weight excluding hydrogens is 58.8 g/mol. The standard InChI is InChI=1S/BH3.O3/c;1-3-2/h1H3;. The van der Waals surface area contributed by atoms with Crippen LogP contribution in [0.5, 0.6) is 0 Å². The van der Waals surface area contributed by atoms with Gasteiger partial charge in [0.1, 0.15) is 0 Å². The zero-order valence-corrected chi connectivity index (χ0v) is 1.22. The minimum absolute atomic E-state index is 0. The summed E-state index contributed by atoms with van der Waals surface area (Å²) < 4.78 is 1.75. The quantitative estimate of drug-likeness (QED) is 0.137. The van der Waals surface area contributed by atoms with Gasteiger partial charge in [-0.15, -0.1) is 0 Å². The third-order valence-electron chi connectivity index (χ3n) is 0. The van der Waals surface area contributed by atoms with Crippen LogP contribution >= 0.6 is 0 Å². The van der Waals surface area contributed by atoms with E-state index in [-0.39, 0.29) is 8.41 Å². The van der Waals surface area contributed by atoms with E-state index in [0.717, 1.165) is 0 Å². The van der Waals surface area contributed by atoms with Gasteiger partial charge < -0.3 is 0 Å². The van der Waals surface area contributed by atoms with Gasteiger partial charge in [0.05, 0.1) is 8.41 Å². The first-order valence-corrected chi connectivity index (χ1v) is 0.333. The van der Waals surface area contributed by atoms with Crippen molar-refractivity contribution in [3.8, 4) is 0 Å². The lowest BCUT2D eigenvalue weighted by Gasteiger charge is -1.19. The second-order valence-corrected chi connectivity index (χ2v) is 0.0680. The molecule has 0 aliphatic rings. The molecule has 0 aromatic rings. The molecule has 0 heterocycles.